The first-order chi connectivity index (χ1) is 4.93. The third kappa shape index (κ3) is 1.99. The largest absolute Gasteiger partial charge is 0.392 e. The summed E-state index contributed by atoms with van der Waals surface area (Å²) in [4.78, 5) is 3.90. The SMILES string of the molecule is OC/C=C\c1cccnc1. The van der Waals surface area contributed by atoms with Crippen molar-refractivity contribution < 1.29 is 5.11 Å². The van der Waals surface area contributed by atoms with Gasteiger partial charge in [0.1, 0.15) is 0 Å². The summed E-state index contributed by atoms with van der Waals surface area (Å²) in [5, 5.41) is 8.42. The summed E-state index contributed by atoms with van der Waals surface area (Å²) in [7, 11) is 0. The van der Waals surface area contributed by atoms with Crippen molar-refractivity contribution in [2.24, 2.45) is 0 Å². The molecule has 0 radical (unpaired) electrons. The van der Waals surface area contributed by atoms with Crippen molar-refractivity contribution in [2.45, 2.75) is 0 Å². The highest BCUT2D eigenvalue weighted by Gasteiger charge is 1.80. The van der Waals surface area contributed by atoms with Crippen LogP contribution in [0.1, 0.15) is 5.56 Å². The van der Waals surface area contributed by atoms with Crippen LogP contribution in [0.25, 0.3) is 6.08 Å². The molecule has 2 heteroatoms. The molecule has 1 aromatic heterocycles. The molecule has 0 saturated heterocycles. The molecule has 0 aliphatic heterocycles. The fraction of sp³-hybridized carbons (Fsp3) is 0.125. The van der Waals surface area contributed by atoms with Crippen LogP contribution in [0.4, 0.5) is 0 Å². The average Bonchev–Trinajstić information content (AvgIpc) is 2.03. The molecule has 1 rings (SSSR count). The summed E-state index contributed by atoms with van der Waals surface area (Å²) >= 11 is 0. The first-order valence-corrected chi connectivity index (χ1v) is 3.11. The molecule has 0 aromatic carbocycles. The Morgan fingerprint density at radius 3 is 3.10 bits per heavy atom. The van der Waals surface area contributed by atoms with Gasteiger partial charge in [-0.15, -0.1) is 0 Å². The Hall–Kier alpha value is -1.15. The van der Waals surface area contributed by atoms with Crippen LogP contribution in [0, 0.1) is 0 Å². The smallest absolute Gasteiger partial charge is 0.0615 e. The molecule has 0 fully saturated rings. The monoisotopic (exact) mass is 135 g/mol. The fourth-order valence-electron chi connectivity index (χ4n) is 0.663. The molecular formula is C8H9NO. The first-order valence-electron chi connectivity index (χ1n) is 3.11. The lowest BCUT2D eigenvalue weighted by Crippen LogP contribution is -1.75. The van der Waals surface area contributed by atoms with E-state index >= 15 is 0 Å². The van der Waals surface area contributed by atoms with E-state index in [1.807, 2.05) is 18.2 Å². The maximum absolute atomic E-state index is 8.42. The van der Waals surface area contributed by atoms with Crippen molar-refractivity contribution in [3.8, 4) is 0 Å². The number of nitrogens with zero attached hydrogens (tertiary/aromatic N) is 1. The zero-order valence-corrected chi connectivity index (χ0v) is 5.57. The number of rotatable bonds is 2. The third-order valence-electron chi connectivity index (χ3n) is 1.10. The fourth-order valence-corrected chi connectivity index (χ4v) is 0.663. The molecule has 1 aromatic rings. The topological polar surface area (TPSA) is 33.1 Å². The highest BCUT2D eigenvalue weighted by atomic mass is 16.2. The van der Waals surface area contributed by atoms with E-state index in [0.717, 1.165) is 5.56 Å². The van der Waals surface area contributed by atoms with Gasteiger partial charge in [0.05, 0.1) is 6.61 Å². The summed E-state index contributed by atoms with van der Waals surface area (Å²) in [5.74, 6) is 0. The third-order valence-corrected chi connectivity index (χ3v) is 1.10. The Bertz CT molecular complexity index is 206. The van der Waals surface area contributed by atoms with E-state index in [1.54, 1.807) is 18.5 Å². The molecule has 52 valence electrons. The molecule has 0 spiro atoms. The average molecular weight is 135 g/mol. The molecule has 2 nitrogen and oxygen atoms in total. The maximum atomic E-state index is 8.42. The van der Waals surface area contributed by atoms with Gasteiger partial charge >= 0.3 is 0 Å². The van der Waals surface area contributed by atoms with Gasteiger partial charge in [-0.2, -0.15) is 0 Å². The van der Waals surface area contributed by atoms with E-state index in [1.165, 1.54) is 0 Å². The maximum Gasteiger partial charge on any atom is 0.0615 e. The molecule has 1 N–H and O–H groups in total. The van der Waals surface area contributed by atoms with Gasteiger partial charge in [-0.3, -0.25) is 4.98 Å². The Morgan fingerprint density at radius 1 is 1.60 bits per heavy atom. The van der Waals surface area contributed by atoms with Crippen molar-refractivity contribution in [3.05, 3.63) is 36.2 Å². The molecule has 0 aliphatic carbocycles. The van der Waals surface area contributed by atoms with Crippen LogP contribution in [0.15, 0.2) is 30.6 Å². The van der Waals surface area contributed by atoms with E-state index in [9.17, 15) is 0 Å². The molecule has 10 heavy (non-hydrogen) atoms. The highest BCUT2D eigenvalue weighted by molar-refractivity contribution is 5.47. The second-order valence-corrected chi connectivity index (χ2v) is 1.87. The van der Waals surface area contributed by atoms with Crippen molar-refractivity contribution in [1.29, 1.82) is 0 Å². The predicted molar refractivity (Wildman–Crippen MR) is 40.4 cm³/mol. The van der Waals surface area contributed by atoms with Crippen LogP contribution in [-0.4, -0.2) is 16.7 Å². The zero-order chi connectivity index (χ0) is 7.23. The van der Waals surface area contributed by atoms with Crippen molar-refractivity contribution in [3.63, 3.8) is 0 Å². The van der Waals surface area contributed by atoms with E-state index in [0.29, 0.717) is 0 Å². The summed E-state index contributed by atoms with van der Waals surface area (Å²) < 4.78 is 0. The Kier molecular flexibility index (Phi) is 2.64. The Morgan fingerprint density at radius 2 is 2.50 bits per heavy atom. The van der Waals surface area contributed by atoms with E-state index in [2.05, 4.69) is 4.98 Å². The minimum atomic E-state index is 0.0783. The van der Waals surface area contributed by atoms with E-state index in [-0.39, 0.29) is 6.61 Å². The van der Waals surface area contributed by atoms with Gasteiger partial charge in [0.2, 0.25) is 0 Å². The zero-order valence-electron chi connectivity index (χ0n) is 5.57. The molecule has 0 amide bonds. The predicted octanol–water partition coefficient (Wildman–Crippen LogP) is 1.09. The van der Waals surface area contributed by atoms with Crippen LogP contribution in [0.3, 0.4) is 0 Å². The van der Waals surface area contributed by atoms with Crippen LogP contribution >= 0.6 is 0 Å². The van der Waals surface area contributed by atoms with Gasteiger partial charge in [-0.05, 0) is 11.6 Å². The number of pyridine rings is 1. The summed E-state index contributed by atoms with van der Waals surface area (Å²) in [5.41, 5.74) is 1.01. The van der Waals surface area contributed by atoms with E-state index in [4.69, 9.17) is 5.11 Å². The minimum Gasteiger partial charge on any atom is -0.392 e. The van der Waals surface area contributed by atoms with Gasteiger partial charge in [0, 0.05) is 12.4 Å². The van der Waals surface area contributed by atoms with Crippen molar-refractivity contribution in [1.82, 2.24) is 4.98 Å². The van der Waals surface area contributed by atoms with Crippen molar-refractivity contribution >= 4 is 6.08 Å². The van der Waals surface area contributed by atoms with Crippen LogP contribution in [-0.2, 0) is 0 Å². The lowest BCUT2D eigenvalue weighted by Gasteiger charge is -1.87. The molecule has 0 saturated carbocycles. The second-order valence-electron chi connectivity index (χ2n) is 1.87. The van der Waals surface area contributed by atoms with Crippen LogP contribution < -0.4 is 0 Å². The summed E-state index contributed by atoms with van der Waals surface area (Å²) in [6.45, 7) is 0.0783. The second kappa shape index (κ2) is 3.80. The minimum absolute atomic E-state index is 0.0783. The quantitative estimate of drug-likeness (QED) is 0.658. The molecular weight excluding hydrogens is 126 g/mol. The summed E-state index contributed by atoms with van der Waals surface area (Å²) in [6.07, 6.45) is 6.96. The number of aromatic nitrogens is 1. The number of aliphatic hydroxyl groups excluding tert-OH is 1. The highest BCUT2D eigenvalue weighted by Crippen LogP contribution is 1.96. The van der Waals surface area contributed by atoms with Crippen LogP contribution in [0.2, 0.25) is 0 Å². The molecule has 0 aliphatic rings. The van der Waals surface area contributed by atoms with Gasteiger partial charge < -0.3 is 5.11 Å². The van der Waals surface area contributed by atoms with Crippen molar-refractivity contribution in [2.75, 3.05) is 6.61 Å². The van der Waals surface area contributed by atoms with E-state index < -0.39 is 0 Å². The van der Waals surface area contributed by atoms with Gasteiger partial charge in [-0.1, -0.05) is 18.2 Å². The molecule has 0 unspecified atom stereocenters. The van der Waals surface area contributed by atoms with Gasteiger partial charge in [0.15, 0.2) is 0 Å². The Balaban J connectivity index is 2.67. The number of aliphatic hydroxyl groups is 1. The van der Waals surface area contributed by atoms with Gasteiger partial charge in [-0.25, -0.2) is 0 Å². The standard InChI is InChI=1S/C8H9NO/c10-6-2-4-8-3-1-5-9-7-8/h1-5,7,10H,6H2/b4-2-. The van der Waals surface area contributed by atoms with Gasteiger partial charge in [0.25, 0.3) is 0 Å². The number of hydrogen-bond acceptors (Lipinski definition) is 2. The normalized spacial score (nSPS) is 10.5. The van der Waals surface area contributed by atoms with Crippen LogP contribution in [0.5, 0.6) is 0 Å². The lowest BCUT2D eigenvalue weighted by molar-refractivity contribution is 0.343. The number of hydrogen-bond donors (Lipinski definition) is 1. The lowest BCUT2D eigenvalue weighted by atomic mass is 10.3. The first kappa shape index (κ1) is 6.96. The molecule has 1 heterocycles. The summed E-state index contributed by atoms with van der Waals surface area (Å²) in [6, 6.07) is 3.79. The Labute approximate surface area is 59.9 Å². The molecule has 0 bridgehead atoms. The molecule has 0 atom stereocenters.